The minimum absolute atomic E-state index is 0.0903. The van der Waals surface area contributed by atoms with Crippen molar-refractivity contribution in [1.29, 1.82) is 0 Å². The largest absolute Gasteiger partial charge is 0.480 e. The molecule has 9 nitrogen and oxygen atoms in total. The van der Waals surface area contributed by atoms with Gasteiger partial charge >= 0.3 is 12.1 Å². The van der Waals surface area contributed by atoms with Crippen molar-refractivity contribution in [3.63, 3.8) is 0 Å². The molecule has 0 aromatic heterocycles. The first-order chi connectivity index (χ1) is 16.3. The molecular formula is C25H25N3O6. The third-order valence-electron chi connectivity index (χ3n) is 6.98. The van der Waals surface area contributed by atoms with E-state index in [2.05, 4.69) is 10.7 Å². The van der Waals surface area contributed by atoms with Gasteiger partial charge in [-0.15, -0.1) is 0 Å². The first kappa shape index (κ1) is 21.9. The fraction of sp³-hybridized carbons (Fsp3) is 0.360. The third kappa shape index (κ3) is 3.67. The van der Waals surface area contributed by atoms with E-state index in [9.17, 15) is 24.3 Å². The van der Waals surface area contributed by atoms with Gasteiger partial charge in [-0.1, -0.05) is 48.5 Å². The summed E-state index contributed by atoms with van der Waals surface area (Å²) in [5, 5.41) is 12.9. The highest BCUT2D eigenvalue weighted by atomic mass is 16.5. The van der Waals surface area contributed by atoms with Gasteiger partial charge in [-0.25, -0.2) is 14.6 Å². The maximum atomic E-state index is 13.3. The molecule has 9 heteroatoms. The van der Waals surface area contributed by atoms with Gasteiger partial charge in [0.1, 0.15) is 12.1 Å². The van der Waals surface area contributed by atoms with Crippen molar-refractivity contribution < 1.29 is 29.0 Å². The summed E-state index contributed by atoms with van der Waals surface area (Å²) in [6.45, 7) is 1.64. The lowest BCUT2D eigenvalue weighted by atomic mass is 9.94. The molecule has 0 spiro atoms. The number of ether oxygens (including phenoxy) is 1. The Bertz CT molecular complexity index is 1150. The molecule has 2 atom stereocenters. The molecule has 2 fully saturated rings. The highest BCUT2D eigenvalue weighted by Gasteiger charge is 2.54. The minimum Gasteiger partial charge on any atom is -0.480 e. The van der Waals surface area contributed by atoms with Gasteiger partial charge in [0.05, 0.1) is 6.42 Å². The molecule has 1 saturated carbocycles. The van der Waals surface area contributed by atoms with Crippen molar-refractivity contribution in [1.82, 2.24) is 15.8 Å². The van der Waals surface area contributed by atoms with Crippen LogP contribution in [0, 0.1) is 5.92 Å². The van der Waals surface area contributed by atoms with E-state index >= 15 is 0 Å². The molecule has 3 amide bonds. The summed E-state index contributed by atoms with van der Waals surface area (Å²) in [4.78, 5) is 49.5. The summed E-state index contributed by atoms with van der Waals surface area (Å²) in [6.07, 6.45) is 0.311. The number of carbonyl (C=O) groups is 4. The first-order valence-corrected chi connectivity index (χ1v) is 11.3. The lowest BCUT2D eigenvalue weighted by molar-refractivity contribution is -0.154. The van der Waals surface area contributed by atoms with E-state index in [1.807, 2.05) is 48.5 Å². The molecule has 176 valence electrons. The summed E-state index contributed by atoms with van der Waals surface area (Å²) >= 11 is 0. The normalized spacial score (nSPS) is 20.7. The molecule has 1 heterocycles. The second-order valence-electron chi connectivity index (χ2n) is 9.20. The standard InChI is InChI=1S/C25H25N3O6/c1-25(14-10-11-14,23(32)28-20(22(30)31)12-21(29)27-28)26-24(33)34-13-19-17-8-4-2-6-15(17)16-7-3-5-9-18(16)19/h2-9,14,19-20H,10-13H2,1H3,(H,26,33)(H,27,29)(H,30,31). The van der Waals surface area contributed by atoms with Crippen molar-refractivity contribution in [2.45, 2.75) is 43.7 Å². The van der Waals surface area contributed by atoms with E-state index < -0.39 is 35.5 Å². The van der Waals surface area contributed by atoms with Crippen LogP contribution in [0.25, 0.3) is 11.1 Å². The van der Waals surface area contributed by atoms with Crippen LogP contribution in [0.5, 0.6) is 0 Å². The molecule has 5 rings (SSSR count). The fourth-order valence-electron chi connectivity index (χ4n) is 5.00. The smallest absolute Gasteiger partial charge is 0.408 e. The average Bonchev–Trinajstić information content (AvgIpc) is 3.54. The number of benzene rings is 2. The van der Waals surface area contributed by atoms with Crippen LogP contribution in [0.2, 0.25) is 0 Å². The van der Waals surface area contributed by atoms with Gasteiger partial charge in [0.25, 0.3) is 5.91 Å². The molecule has 34 heavy (non-hydrogen) atoms. The molecule has 3 N–H and O–H groups in total. The topological polar surface area (TPSA) is 125 Å². The van der Waals surface area contributed by atoms with E-state index in [1.54, 1.807) is 6.92 Å². The number of rotatable bonds is 6. The van der Waals surface area contributed by atoms with Crippen LogP contribution in [-0.4, -0.2) is 52.2 Å². The number of nitrogens with one attached hydrogen (secondary N) is 2. The van der Waals surface area contributed by atoms with Crippen LogP contribution in [0.4, 0.5) is 4.79 Å². The number of carboxylic acid groups (broad SMARTS) is 1. The van der Waals surface area contributed by atoms with Crippen molar-refractivity contribution in [3.8, 4) is 11.1 Å². The molecule has 0 radical (unpaired) electrons. The van der Waals surface area contributed by atoms with Crippen LogP contribution in [0.1, 0.15) is 43.2 Å². The van der Waals surface area contributed by atoms with Crippen LogP contribution >= 0.6 is 0 Å². The molecule has 3 aliphatic rings. The van der Waals surface area contributed by atoms with Crippen LogP contribution in [0.15, 0.2) is 48.5 Å². The maximum absolute atomic E-state index is 13.3. The van der Waals surface area contributed by atoms with Crippen molar-refractivity contribution >= 4 is 23.9 Å². The predicted octanol–water partition coefficient (Wildman–Crippen LogP) is 2.41. The molecule has 0 bridgehead atoms. The first-order valence-electron chi connectivity index (χ1n) is 11.3. The van der Waals surface area contributed by atoms with Crippen LogP contribution < -0.4 is 10.7 Å². The highest BCUT2D eigenvalue weighted by Crippen LogP contribution is 2.45. The zero-order chi connectivity index (χ0) is 24.0. The van der Waals surface area contributed by atoms with Gasteiger partial charge in [-0.3, -0.25) is 15.0 Å². The average molecular weight is 463 g/mol. The Morgan fingerprint density at radius 2 is 1.68 bits per heavy atom. The Hall–Kier alpha value is -3.88. The molecule has 1 aliphatic heterocycles. The van der Waals surface area contributed by atoms with E-state index in [1.165, 1.54) is 0 Å². The molecule has 2 aromatic rings. The van der Waals surface area contributed by atoms with E-state index in [0.29, 0.717) is 12.8 Å². The number of hydrogen-bond acceptors (Lipinski definition) is 5. The van der Waals surface area contributed by atoms with Crippen molar-refractivity contribution in [2.75, 3.05) is 6.61 Å². The number of carbonyl (C=O) groups excluding carboxylic acids is 3. The van der Waals surface area contributed by atoms with Crippen molar-refractivity contribution in [2.24, 2.45) is 5.92 Å². The Kier molecular flexibility index (Phi) is 5.27. The Balaban J connectivity index is 1.31. The molecule has 2 aromatic carbocycles. The zero-order valence-electron chi connectivity index (χ0n) is 18.6. The van der Waals surface area contributed by atoms with Gasteiger partial charge in [-0.05, 0) is 47.9 Å². The molecule has 1 saturated heterocycles. The third-order valence-corrected chi connectivity index (χ3v) is 6.98. The zero-order valence-corrected chi connectivity index (χ0v) is 18.6. The van der Waals surface area contributed by atoms with Gasteiger partial charge in [-0.2, -0.15) is 0 Å². The number of amides is 3. The van der Waals surface area contributed by atoms with Gasteiger partial charge in [0.15, 0.2) is 6.04 Å². The molecule has 2 aliphatic carbocycles. The lowest BCUT2D eigenvalue weighted by Gasteiger charge is -2.34. The minimum atomic E-state index is -1.39. The number of fused-ring (bicyclic) bond motifs is 3. The Morgan fingerprint density at radius 3 is 2.24 bits per heavy atom. The Labute approximate surface area is 196 Å². The van der Waals surface area contributed by atoms with Gasteiger partial charge in [0, 0.05) is 5.92 Å². The van der Waals surface area contributed by atoms with Gasteiger partial charge in [0.2, 0.25) is 5.91 Å². The second-order valence-corrected chi connectivity index (χ2v) is 9.20. The predicted molar refractivity (Wildman–Crippen MR) is 120 cm³/mol. The molecular weight excluding hydrogens is 438 g/mol. The van der Waals surface area contributed by atoms with E-state index in [4.69, 9.17) is 4.74 Å². The van der Waals surface area contributed by atoms with Crippen LogP contribution in [-0.2, 0) is 19.1 Å². The highest BCUT2D eigenvalue weighted by molar-refractivity contribution is 5.98. The van der Waals surface area contributed by atoms with E-state index in [0.717, 1.165) is 27.3 Å². The number of hydrogen-bond donors (Lipinski definition) is 3. The number of nitrogens with zero attached hydrogens (tertiary/aromatic N) is 1. The maximum Gasteiger partial charge on any atom is 0.408 e. The second kappa shape index (κ2) is 8.16. The number of aliphatic carboxylic acids is 1. The summed E-state index contributed by atoms with van der Waals surface area (Å²) < 4.78 is 5.60. The van der Waals surface area contributed by atoms with Crippen LogP contribution in [0.3, 0.4) is 0 Å². The SMILES string of the molecule is CC(NC(=O)OCC1c2ccccc2-c2ccccc21)(C(=O)N1NC(=O)CC1C(=O)O)C1CC1. The number of hydrazine groups is 1. The van der Waals surface area contributed by atoms with Crippen molar-refractivity contribution in [3.05, 3.63) is 59.7 Å². The monoisotopic (exact) mass is 463 g/mol. The molecule has 2 unspecified atom stereocenters. The quantitative estimate of drug-likeness (QED) is 0.604. The summed E-state index contributed by atoms with van der Waals surface area (Å²) in [7, 11) is 0. The number of carboxylic acids is 1. The summed E-state index contributed by atoms with van der Waals surface area (Å²) in [5.74, 6) is -2.81. The summed E-state index contributed by atoms with van der Waals surface area (Å²) in [5.41, 5.74) is 5.28. The summed E-state index contributed by atoms with van der Waals surface area (Å²) in [6, 6.07) is 14.6. The lowest BCUT2D eigenvalue weighted by Crippen LogP contribution is -2.63. The van der Waals surface area contributed by atoms with E-state index in [-0.39, 0.29) is 24.9 Å². The number of alkyl carbamates (subject to hydrolysis) is 1. The van der Waals surface area contributed by atoms with Gasteiger partial charge < -0.3 is 15.2 Å². The Morgan fingerprint density at radius 1 is 1.09 bits per heavy atom. The fourth-order valence-corrected chi connectivity index (χ4v) is 5.00.